The van der Waals surface area contributed by atoms with E-state index in [0.29, 0.717) is 17.7 Å². The molecule has 1 aliphatic carbocycles. The average Bonchev–Trinajstić information content (AvgIpc) is 3.71. The maximum Gasteiger partial charge on any atom is 0.335 e. The van der Waals surface area contributed by atoms with Crippen molar-refractivity contribution in [1.82, 2.24) is 9.88 Å². The van der Waals surface area contributed by atoms with Crippen molar-refractivity contribution in [1.29, 1.82) is 5.26 Å². The summed E-state index contributed by atoms with van der Waals surface area (Å²) < 4.78 is 16.0. The van der Waals surface area contributed by atoms with Crippen LogP contribution in [0, 0.1) is 17.1 Å². The largest absolute Gasteiger partial charge is 0.478 e. The molecule has 0 spiro atoms. The normalized spacial score (nSPS) is 13.3. The van der Waals surface area contributed by atoms with Gasteiger partial charge in [0, 0.05) is 29.5 Å². The van der Waals surface area contributed by atoms with E-state index in [-0.39, 0.29) is 17.3 Å². The zero-order valence-electron chi connectivity index (χ0n) is 24.0. The highest BCUT2D eigenvalue weighted by atomic mass is 19.1. The van der Waals surface area contributed by atoms with Crippen LogP contribution in [0.3, 0.4) is 0 Å². The van der Waals surface area contributed by atoms with Gasteiger partial charge < -0.3 is 20.3 Å². The fourth-order valence-electron chi connectivity index (χ4n) is 5.96. The Kier molecular flexibility index (Phi) is 6.79. The summed E-state index contributed by atoms with van der Waals surface area (Å²) in [6, 6.07) is 32.3. The van der Waals surface area contributed by atoms with Gasteiger partial charge in [0.25, 0.3) is 5.91 Å². The summed E-state index contributed by atoms with van der Waals surface area (Å²) in [6.07, 6.45) is 3.43. The van der Waals surface area contributed by atoms with Crippen LogP contribution in [0.4, 0.5) is 15.8 Å². The molecule has 1 saturated carbocycles. The maximum atomic E-state index is 14.0. The number of aromatic carboxylic acids is 1. The molecule has 5 aromatic carbocycles. The van der Waals surface area contributed by atoms with Crippen molar-refractivity contribution in [2.75, 3.05) is 5.32 Å². The molecule has 0 bridgehead atoms. The van der Waals surface area contributed by atoms with Gasteiger partial charge in [0.15, 0.2) is 0 Å². The van der Waals surface area contributed by atoms with Crippen molar-refractivity contribution in [3.8, 4) is 6.07 Å². The quantitative estimate of drug-likeness (QED) is 0.167. The van der Waals surface area contributed by atoms with Gasteiger partial charge in [0.2, 0.25) is 0 Å². The molecule has 7 rings (SSSR count). The van der Waals surface area contributed by atoms with Crippen LogP contribution in [0.25, 0.3) is 21.7 Å². The molecule has 0 atom stereocenters. The van der Waals surface area contributed by atoms with Crippen LogP contribution in [0.5, 0.6) is 0 Å². The van der Waals surface area contributed by atoms with Crippen molar-refractivity contribution in [3.05, 3.63) is 143 Å². The number of nitriles is 1. The number of carbonyl (C=O) groups is 2. The topological polar surface area (TPSA) is 107 Å². The first kappa shape index (κ1) is 27.9. The predicted octanol–water partition coefficient (Wildman–Crippen LogP) is 7.71. The van der Waals surface area contributed by atoms with Crippen molar-refractivity contribution in [3.63, 3.8) is 0 Å². The minimum Gasteiger partial charge on any atom is -0.478 e. The summed E-state index contributed by atoms with van der Waals surface area (Å²) in [5, 5.41) is 27.9. The highest BCUT2D eigenvalue weighted by Gasteiger charge is 2.46. The van der Waals surface area contributed by atoms with Gasteiger partial charge in [-0.3, -0.25) is 4.79 Å². The monoisotopic (exact) mass is 594 g/mol. The molecule has 0 radical (unpaired) electrons. The molecule has 1 amide bonds. The minimum absolute atomic E-state index is 0.195. The SMILES string of the molecule is N#Cc1cccc(Nc2ccc(C(=O)NC3(c4ccc(C(=O)O)cc4)CC3)c3c2ccn3Cc2ccc3ccc(F)cc3c2)c1. The summed E-state index contributed by atoms with van der Waals surface area (Å²) in [7, 11) is 0. The van der Waals surface area contributed by atoms with E-state index >= 15 is 0 Å². The highest BCUT2D eigenvalue weighted by molar-refractivity contribution is 6.10. The molecule has 1 fully saturated rings. The molecular weight excluding hydrogens is 567 g/mol. The van der Waals surface area contributed by atoms with Crippen LogP contribution in [0.15, 0.2) is 109 Å². The smallest absolute Gasteiger partial charge is 0.335 e. The van der Waals surface area contributed by atoms with Crippen LogP contribution in [0.2, 0.25) is 0 Å². The summed E-state index contributed by atoms with van der Waals surface area (Å²) in [4.78, 5) is 25.4. The number of halogens is 1. The van der Waals surface area contributed by atoms with Crippen molar-refractivity contribution < 1.29 is 19.1 Å². The molecule has 3 N–H and O–H groups in total. The second kappa shape index (κ2) is 11.0. The number of hydrogen-bond donors (Lipinski definition) is 3. The van der Waals surface area contributed by atoms with Crippen molar-refractivity contribution in [2.45, 2.75) is 24.9 Å². The number of benzene rings is 5. The predicted molar refractivity (Wildman–Crippen MR) is 171 cm³/mol. The Hall–Kier alpha value is -5.94. The Morgan fingerprint density at radius 1 is 0.911 bits per heavy atom. The van der Waals surface area contributed by atoms with Gasteiger partial charge in [-0.05, 0) is 101 Å². The Bertz CT molecular complexity index is 2180. The third-order valence-corrected chi connectivity index (χ3v) is 8.45. The summed E-state index contributed by atoms with van der Waals surface area (Å²) in [6.45, 7) is 0.450. The van der Waals surface area contributed by atoms with E-state index in [1.807, 2.05) is 53.2 Å². The Morgan fingerprint density at radius 2 is 1.71 bits per heavy atom. The van der Waals surface area contributed by atoms with E-state index in [1.165, 1.54) is 12.1 Å². The molecular formula is C37H27FN4O3. The molecule has 45 heavy (non-hydrogen) atoms. The number of hydrogen-bond acceptors (Lipinski definition) is 4. The Balaban J connectivity index is 1.27. The number of anilines is 2. The highest BCUT2D eigenvalue weighted by Crippen LogP contribution is 2.46. The molecule has 1 heterocycles. The molecule has 0 unspecified atom stereocenters. The third-order valence-electron chi connectivity index (χ3n) is 8.45. The number of aromatic nitrogens is 1. The zero-order valence-corrected chi connectivity index (χ0v) is 24.0. The molecule has 7 nitrogen and oxygen atoms in total. The second-order valence-electron chi connectivity index (χ2n) is 11.4. The molecule has 8 heteroatoms. The second-order valence-corrected chi connectivity index (χ2v) is 11.4. The Morgan fingerprint density at radius 3 is 2.47 bits per heavy atom. The first-order valence-corrected chi connectivity index (χ1v) is 14.6. The number of nitrogens with one attached hydrogen (secondary N) is 2. The molecule has 220 valence electrons. The van der Waals surface area contributed by atoms with E-state index < -0.39 is 11.5 Å². The summed E-state index contributed by atoms with van der Waals surface area (Å²) >= 11 is 0. The lowest BCUT2D eigenvalue weighted by Crippen LogP contribution is -2.35. The minimum atomic E-state index is -0.997. The zero-order chi connectivity index (χ0) is 31.1. The summed E-state index contributed by atoms with van der Waals surface area (Å²) in [5.41, 5.74) is 4.73. The number of carboxylic acid groups (broad SMARTS) is 1. The van der Waals surface area contributed by atoms with Crippen LogP contribution < -0.4 is 10.6 Å². The summed E-state index contributed by atoms with van der Waals surface area (Å²) in [5.74, 6) is -1.53. The number of fused-ring (bicyclic) bond motifs is 2. The van der Waals surface area contributed by atoms with Crippen LogP contribution in [-0.2, 0) is 12.1 Å². The maximum absolute atomic E-state index is 14.0. The third kappa shape index (κ3) is 5.36. The van der Waals surface area contributed by atoms with Gasteiger partial charge in [-0.2, -0.15) is 5.26 Å². The molecule has 0 aliphatic heterocycles. The molecule has 1 aromatic heterocycles. The van der Waals surface area contributed by atoms with Gasteiger partial charge in [0.1, 0.15) is 5.82 Å². The average molecular weight is 595 g/mol. The van der Waals surface area contributed by atoms with Gasteiger partial charge in [0.05, 0.1) is 33.8 Å². The number of amides is 1. The number of carbonyl (C=O) groups excluding carboxylic acids is 1. The standard InChI is InChI=1S/C37H27FN4O3/c38-29-11-8-25-5-4-24(18-27(25)20-29)22-42-17-14-31-33(40-30-3-1-2-23(19-30)21-39)13-12-32(34(31)42)35(43)41-37(15-16-37)28-9-6-26(7-10-28)36(44)45/h1-14,17-20,40H,15-16,22H2,(H,41,43)(H,44,45). The number of carboxylic acids is 1. The van der Waals surface area contributed by atoms with Crippen LogP contribution in [0.1, 0.15) is 50.2 Å². The van der Waals surface area contributed by atoms with E-state index in [1.54, 1.807) is 48.5 Å². The molecule has 1 aliphatic rings. The van der Waals surface area contributed by atoms with Gasteiger partial charge in [-0.25, -0.2) is 9.18 Å². The Labute approximate surface area is 258 Å². The lowest BCUT2D eigenvalue weighted by atomic mass is 10.0. The van der Waals surface area contributed by atoms with Crippen molar-refractivity contribution in [2.24, 2.45) is 0 Å². The van der Waals surface area contributed by atoms with Gasteiger partial charge in [-0.1, -0.05) is 36.4 Å². The van der Waals surface area contributed by atoms with Crippen LogP contribution >= 0.6 is 0 Å². The van der Waals surface area contributed by atoms with E-state index in [2.05, 4.69) is 16.7 Å². The molecule has 0 saturated heterocycles. The molecule has 6 aromatic rings. The lowest BCUT2D eigenvalue weighted by Gasteiger charge is -2.20. The van der Waals surface area contributed by atoms with E-state index in [0.717, 1.165) is 57.0 Å². The fourth-order valence-corrected chi connectivity index (χ4v) is 5.96. The first-order valence-electron chi connectivity index (χ1n) is 14.6. The fraction of sp³-hybridized carbons (Fsp3) is 0.108. The van der Waals surface area contributed by atoms with E-state index in [9.17, 15) is 24.3 Å². The van der Waals surface area contributed by atoms with Gasteiger partial charge in [-0.15, -0.1) is 0 Å². The number of nitrogens with zero attached hydrogens (tertiary/aromatic N) is 2. The van der Waals surface area contributed by atoms with Crippen LogP contribution in [-0.4, -0.2) is 21.6 Å². The lowest BCUT2D eigenvalue weighted by molar-refractivity contribution is 0.0696. The van der Waals surface area contributed by atoms with Gasteiger partial charge >= 0.3 is 5.97 Å². The number of rotatable bonds is 8. The van der Waals surface area contributed by atoms with E-state index in [4.69, 9.17) is 0 Å². The first-order chi connectivity index (χ1) is 21.8. The van der Waals surface area contributed by atoms with Crippen molar-refractivity contribution >= 4 is 44.9 Å².